The fourth-order valence-corrected chi connectivity index (χ4v) is 4.35. The van der Waals surface area contributed by atoms with E-state index < -0.39 is 0 Å². The van der Waals surface area contributed by atoms with Crippen molar-refractivity contribution in [2.75, 3.05) is 24.4 Å². The van der Waals surface area contributed by atoms with Crippen molar-refractivity contribution in [1.29, 1.82) is 0 Å². The number of aromatic nitrogens is 4. The molecule has 0 fully saturated rings. The molecular weight excluding hydrogens is 532 g/mol. The minimum absolute atomic E-state index is 0.00315. The molecule has 2 aromatic carbocycles. The average Bonchev–Trinajstić information content (AvgIpc) is 3.43. The summed E-state index contributed by atoms with van der Waals surface area (Å²) >= 11 is 5.98. The number of carbonyl (C=O) groups is 1. The number of aryl methyl sites for hydroxylation is 1. The minimum atomic E-state index is -0.303. The number of nitrogens with one attached hydrogen (secondary N) is 2. The van der Waals surface area contributed by atoms with Crippen LogP contribution in [0.1, 0.15) is 22.5 Å². The van der Waals surface area contributed by atoms with E-state index in [9.17, 15) is 9.90 Å². The molecule has 3 N–H and O–H groups in total. The fraction of sp³-hybridized carbons (Fsp3) is 0.172. The topological polar surface area (TPSA) is 123 Å². The number of fused-ring (bicyclic) bond motifs is 1. The Morgan fingerprint density at radius 3 is 2.73 bits per heavy atom. The van der Waals surface area contributed by atoms with Gasteiger partial charge in [0.1, 0.15) is 18.0 Å². The van der Waals surface area contributed by atoms with Gasteiger partial charge in [0, 0.05) is 40.5 Å². The van der Waals surface area contributed by atoms with Gasteiger partial charge in [0.25, 0.3) is 5.91 Å². The molecule has 0 bridgehead atoms. The van der Waals surface area contributed by atoms with Gasteiger partial charge in [-0.2, -0.15) is 0 Å². The number of hydrogen-bond donors (Lipinski definition) is 3. The van der Waals surface area contributed by atoms with Crippen molar-refractivity contribution in [1.82, 2.24) is 19.5 Å². The van der Waals surface area contributed by atoms with Crippen molar-refractivity contribution in [3.63, 3.8) is 0 Å². The summed E-state index contributed by atoms with van der Waals surface area (Å²) in [7, 11) is 1.58. The van der Waals surface area contributed by atoms with Crippen LogP contribution in [0.3, 0.4) is 0 Å². The van der Waals surface area contributed by atoms with Gasteiger partial charge in [0.2, 0.25) is 0 Å². The number of amides is 1. The molecule has 0 unspecified atom stereocenters. The first-order valence-corrected chi connectivity index (χ1v) is 12.9. The lowest BCUT2D eigenvalue weighted by Gasteiger charge is -2.14. The highest BCUT2D eigenvalue weighted by Gasteiger charge is 2.13. The first-order chi connectivity index (χ1) is 19.5. The Morgan fingerprint density at radius 2 is 1.95 bits per heavy atom. The van der Waals surface area contributed by atoms with E-state index in [0.717, 1.165) is 24.0 Å². The van der Waals surface area contributed by atoms with Gasteiger partial charge in [-0.25, -0.2) is 15.0 Å². The zero-order valence-corrected chi connectivity index (χ0v) is 22.4. The maximum atomic E-state index is 12.5. The molecule has 5 rings (SSSR count). The summed E-state index contributed by atoms with van der Waals surface area (Å²) in [5, 5.41) is 16.6. The first kappa shape index (κ1) is 26.9. The Kier molecular flexibility index (Phi) is 8.38. The number of methoxy groups -OCH3 is 1. The van der Waals surface area contributed by atoms with Crippen LogP contribution in [0.2, 0.25) is 5.02 Å². The van der Waals surface area contributed by atoms with Gasteiger partial charge in [-0.3, -0.25) is 4.79 Å². The summed E-state index contributed by atoms with van der Waals surface area (Å²) in [6.45, 7) is 1.20. The number of nitrogens with zero attached hydrogens (tertiary/aromatic N) is 4. The molecule has 0 radical (unpaired) electrons. The maximum absolute atomic E-state index is 12.5. The Labute approximate surface area is 235 Å². The molecule has 1 amide bonds. The van der Waals surface area contributed by atoms with Gasteiger partial charge in [0.15, 0.2) is 11.5 Å². The van der Waals surface area contributed by atoms with E-state index in [-0.39, 0.29) is 12.5 Å². The molecule has 3 heterocycles. The Morgan fingerprint density at radius 1 is 1.05 bits per heavy atom. The van der Waals surface area contributed by atoms with Crippen LogP contribution >= 0.6 is 11.6 Å². The van der Waals surface area contributed by atoms with Crippen molar-refractivity contribution in [3.05, 3.63) is 95.7 Å². The van der Waals surface area contributed by atoms with Gasteiger partial charge in [0.05, 0.1) is 37.7 Å². The first-order valence-electron chi connectivity index (χ1n) is 12.5. The lowest BCUT2D eigenvalue weighted by atomic mass is 10.2. The summed E-state index contributed by atoms with van der Waals surface area (Å²) in [5.74, 6) is 1.80. The standard InChI is InChI=1S/C29H27ClN6O4/c1-39-25-14-23-24(15-26(25)40-12-4-11-36-10-3-7-22(36)17-37)32-18-33-28(23)34-21-8-9-27(31-16-21)35-29(38)19-5-2-6-20(30)13-19/h2-3,5-10,13-16,18,37H,4,11-12,17H2,1H3,(H,31,35,38)(H,32,33,34). The molecule has 10 nitrogen and oxygen atoms in total. The lowest BCUT2D eigenvalue weighted by Crippen LogP contribution is -2.12. The second-order valence-corrected chi connectivity index (χ2v) is 9.25. The minimum Gasteiger partial charge on any atom is -0.493 e. The Bertz CT molecular complexity index is 1620. The summed E-state index contributed by atoms with van der Waals surface area (Å²) < 4.78 is 13.6. The number of benzene rings is 2. The number of hydrogen-bond acceptors (Lipinski definition) is 8. The molecule has 3 aromatic heterocycles. The largest absolute Gasteiger partial charge is 0.493 e. The third kappa shape index (κ3) is 6.31. The van der Waals surface area contributed by atoms with Crippen molar-refractivity contribution in [2.24, 2.45) is 0 Å². The van der Waals surface area contributed by atoms with Gasteiger partial charge in [-0.15, -0.1) is 0 Å². The van der Waals surface area contributed by atoms with Crippen LogP contribution in [0.25, 0.3) is 10.9 Å². The van der Waals surface area contributed by atoms with Gasteiger partial charge < -0.3 is 29.8 Å². The smallest absolute Gasteiger partial charge is 0.256 e. The number of halogens is 1. The number of aliphatic hydroxyl groups is 1. The molecule has 11 heteroatoms. The van der Waals surface area contributed by atoms with Gasteiger partial charge in [-0.05, 0) is 55.0 Å². The van der Waals surface area contributed by atoms with E-state index >= 15 is 0 Å². The summed E-state index contributed by atoms with van der Waals surface area (Å²) in [5.41, 5.74) is 2.66. The molecular formula is C29H27ClN6O4. The molecule has 204 valence electrons. The van der Waals surface area contributed by atoms with Crippen LogP contribution in [-0.4, -0.2) is 44.2 Å². The number of aliphatic hydroxyl groups excluding tert-OH is 1. The third-order valence-electron chi connectivity index (χ3n) is 6.16. The monoisotopic (exact) mass is 558 g/mol. The zero-order valence-electron chi connectivity index (χ0n) is 21.7. The second-order valence-electron chi connectivity index (χ2n) is 8.82. The lowest BCUT2D eigenvalue weighted by molar-refractivity contribution is 0.102. The van der Waals surface area contributed by atoms with Gasteiger partial charge >= 0.3 is 0 Å². The van der Waals surface area contributed by atoms with Crippen LogP contribution in [0, 0.1) is 0 Å². The van der Waals surface area contributed by atoms with Crippen LogP contribution in [0.5, 0.6) is 11.5 Å². The number of pyridine rings is 1. The zero-order chi connectivity index (χ0) is 27.9. The molecule has 0 aliphatic rings. The van der Waals surface area contributed by atoms with E-state index in [1.165, 1.54) is 6.33 Å². The van der Waals surface area contributed by atoms with Crippen molar-refractivity contribution in [3.8, 4) is 11.5 Å². The molecule has 0 saturated heterocycles. The summed E-state index contributed by atoms with van der Waals surface area (Å²) in [6.07, 6.45) is 5.76. The highest BCUT2D eigenvalue weighted by atomic mass is 35.5. The molecule has 5 aromatic rings. The maximum Gasteiger partial charge on any atom is 0.256 e. The van der Waals surface area contributed by atoms with Crippen molar-refractivity contribution >= 4 is 45.7 Å². The predicted octanol–water partition coefficient (Wildman–Crippen LogP) is 5.45. The molecule has 0 atom stereocenters. The van der Waals surface area contributed by atoms with Gasteiger partial charge in [-0.1, -0.05) is 17.7 Å². The quantitative estimate of drug-likeness (QED) is 0.183. The van der Waals surface area contributed by atoms with Crippen LogP contribution < -0.4 is 20.1 Å². The van der Waals surface area contributed by atoms with Crippen molar-refractivity contribution in [2.45, 2.75) is 19.6 Å². The highest BCUT2D eigenvalue weighted by Crippen LogP contribution is 2.35. The molecule has 0 spiro atoms. The normalized spacial score (nSPS) is 10.9. The van der Waals surface area contributed by atoms with E-state index in [1.54, 1.807) is 49.7 Å². The highest BCUT2D eigenvalue weighted by molar-refractivity contribution is 6.31. The third-order valence-corrected chi connectivity index (χ3v) is 6.40. The van der Waals surface area contributed by atoms with Crippen LogP contribution in [-0.2, 0) is 13.2 Å². The average molecular weight is 559 g/mol. The Balaban J connectivity index is 1.25. The Hall–Kier alpha value is -4.67. The number of rotatable bonds is 11. The predicted molar refractivity (Wildman–Crippen MR) is 153 cm³/mol. The number of ether oxygens (including phenoxy) is 2. The van der Waals surface area contributed by atoms with E-state index in [0.29, 0.717) is 51.5 Å². The SMILES string of the molecule is COc1cc2c(Nc3ccc(NC(=O)c4cccc(Cl)c4)nc3)ncnc2cc1OCCCn1cccc1CO. The molecule has 0 saturated carbocycles. The van der Waals surface area contributed by atoms with Crippen LogP contribution in [0.4, 0.5) is 17.3 Å². The van der Waals surface area contributed by atoms with Crippen LogP contribution in [0.15, 0.2) is 79.4 Å². The molecule has 0 aliphatic heterocycles. The van der Waals surface area contributed by atoms with E-state index in [2.05, 4.69) is 25.6 Å². The fourth-order valence-electron chi connectivity index (χ4n) is 4.16. The second kappa shape index (κ2) is 12.5. The molecule has 40 heavy (non-hydrogen) atoms. The van der Waals surface area contributed by atoms with E-state index in [1.807, 2.05) is 35.0 Å². The molecule has 0 aliphatic carbocycles. The van der Waals surface area contributed by atoms with E-state index in [4.69, 9.17) is 21.1 Å². The summed E-state index contributed by atoms with van der Waals surface area (Å²) in [6, 6.07) is 17.6. The number of carbonyl (C=O) groups excluding carboxylic acids is 1. The summed E-state index contributed by atoms with van der Waals surface area (Å²) in [4.78, 5) is 25.6. The number of anilines is 3. The van der Waals surface area contributed by atoms with Crippen molar-refractivity contribution < 1.29 is 19.4 Å².